The lowest BCUT2D eigenvalue weighted by molar-refractivity contribution is 0.0693. The summed E-state index contributed by atoms with van der Waals surface area (Å²) in [5.41, 5.74) is 0.241. The molecule has 0 saturated carbocycles. The SMILES string of the molecule is O=C(O)c1ccncc1Sc1cccc(Cl)c1.O=NO. The van der Waals surface area contributed by atoms with Gasteiger partial charge in [0, 0.05) is 27.2 Å². The molecule has 0 aliphatic rings. The van der Waals surface area contributed by atoms with Gasteiger partial charge in [-0.25, -0.2) is 4.79 Å². The molecule has 2 N–H and O–H groups in total. The highest BCUT2D eigenvalue weighted by atomic mass is 35.5. The van der Waals surface area contributed by atoms with E-state index in [1.54, 1.807) is 12.1 Å². The number of carboxylic acid groups (broad SMARTS) is 1. The fraction of sp³-hybridized carbons (Fsp3) is 0. The molecular formula is C12H9ClN2O4S. The molecule has 6 nitrogen and oxygen atoms in total. The van der Waals surface area contributed by atoms with Crippen LogP contribution in [0.2, 0.25) is 5.02 Å². The number of rotatable bonds is 3. The lowest BCUT2D eigenvalue weighted by Crippen LogP contribution is -1.98. The van der Waals surface area contributed by atoms with Crippen LogP contribution < -0.4 is 0 Å². The van der Waals surface area contributed by atoms with Crippen molar-refractivity contribution >= 4 is 29.3 Å². The summed E-state index contributed by atoms with van der Waals surface area (Å²) in [5.74, 6) is -0.961. The normalized spacial score (nSPS) is 9.25. The minimum atomic E-state index is -0.961. The Morgan fingerprint density at radius 3 is 2.65 bits per heavy atom. The van der Waals surface area contributed by atoms with Crippen LogP contribution in [0.1, 0.15) is 10.4 Å². The summed E-state index contributed by atoms with van der Waals surface area (Å²) in [6.07, 6.45) is 3.00. The minimum Gasteiger partial charge on any atom is -0.478 e. The van der Waals surface area contributed by atoms with Crippen LogP contribution in [0.4, 0.5) is 0 Å². The van der Waals surface area contributed by atoms with Crippen LogP contribution in [-0.2, 0) is 0 Å². The van der Waals surface area contributed by atoms with Crippen LogP contribution in [-0.4, -0.2) is 21.3 Å². The first-order valence-corrected chi connectivity index (χ1v) is 6.35. The van der Waals surface area contributed by atoms with Crippen molar-refractivity contribution in [1.29, 1.82) is 0 Å². The van der Waals surface area contributed by atoms with Gasteiger partial charge < -0.3 is 10.3 Å². The zero-order valence-electron chi connectivity index (χ0n) is 9.93. The fourth-order valence-corrected chi connectivity index (χ4v) is 2.52. The van der Waals surface area contributed by atoms with E-state index in [0.29, 0.717) is 9.92 Å². The zero-order valence-corrected chi connectivity index (χ0v) is 11.5. The van der Waals surface area contributed by atoms with Crippen LogP contribution in [0.15, 0.2) is 57.9 Å². The van der Waals surface area contributed by atoms with Gasteiger partial charge >= 0.3 is 5.97 Å². The maximum Gasteiger partial charge on any atom is 0.336 e. The van der Waals surface area contributed by atoms with Crippen molar-refractivity contribution in [3.8, 4) is 0 Å². The molecule has 0 fully saturated rings. The van der Waals surface area contributed by atoms with Crippen LogP contribution >= 0.6 is 23.4 Å². The Balaban J connectivity index is 0.000000612. The summed E-state index contributed by atoms with van der Waals surface area (Å²) in [5, 5.41) is 17.5. The second kappa shape index (κ2) is 8.13. The van der Waals surface area contributed by atoms with Crippen LogP contribution in [0, 0.1) is 4.91 Å². The summed E-state index contributed by atoms with van der Waals surface area (Å²) in [4.78, 5) is 24.5. The molecule has 2 aromatic rings. The van der Waals surface area contributed by atoms with E-state index in [4.69, 9.17) is 26.8 Å². The molecule has 0 saturated heterocycles. The summed E-state index contributed by atoms with van der Waals surface area (Å²) in [6, 6.07) is 8.73. The summed E-state index contributed by atoms with van der Waals surface area (Å²) in [7, 11) is 0. The largest absolute Gasteiger partial charge is 0.478 e. The number of hydrogen-bond acceptors (Lipinski definition) is 5. The Morgan fingerprint density at radius 1 is 1.35 bits per heavy atom. The van der Waals surface area contributed by atoms with Gasteiger partial charge in [0.15, 0.2) is 5.34 Å². The average Bonchev–Trinajstić information content (AvgIpc) is 2.40. The molecule has 20 heavy (non-hydrogen) atoms. The van der Waals surface area contributed by atoms with E-state index in [9.17, 15) is 4.79 Å². The highest BCUT2D eigenvalue weighted by Gasteiger charge is 2.10. The predicted molar refractivity (Wildman–Crippen MR) is 74.4 cm³/mol. The average molecular weight is 313 g/mol. The molecule has 1 aromatic carbocycles. The Hall–Kier alpha value is -2.12. The van der Waals surface area contributed by atoms with Crippen molar-refractivity contribution < 1.29 is 15.1 Å². The number of halogens is 1. The molecule has 8 heteroatoms. The smallest absolute Gasteiger partial charge is 0.336 e. The predicted octanol–water partition coefficient (Wildman–Crippen LogP) is 3.73. The lowest BCUT2D eigenvalue weighted by Gasteiger charge is -2.04. The van der Waals surface area contributed by atoms with E-state index in [1.807, 2.05) is 12.1 Å². The third-order valence-electron chi connectivity index (χ3n) is 2.04. The Kier molecular flexibility index (Phi) is 6.48. The van der Waals surface area contributed by atoms with Gasteiger partial charge in [0.2, 0.25) is 0 Å². The maximum atomic E-state index is 11.0. The standard InChI is InChI=1S/C12H8ClNO2S.HNO2/c13-8-2-1-3-9(6-8)17-11-7-14-5-4-10(11)12(15)16;2-1-3/h1-7H,(H,15,16);(H,2,3). The molecule has 104 valence electrons. The molecule has 1 heterocycles. The number of carbonyl (C=O) groups is 1. The van der Waals surface area contributed by atoms with E-state index in [1.165, 1.54) is 35.6 Å². The lowest BCUT2D eigenvalue weighted by atomic mass is 10.3. The van der Waals surface area contributed by atoms with E-state index in [2.05, 4.69) is 4.98 Å². The first-order chi connectivity index (χ1) is 9.58. The summed E-state index contributed by atoms with van der Waals surface area (Å²) >= 11 is 7.20. The van der Waals surface area contributed by atoms with Crippen molar-refractivity contribution in [2.75, 3.05) is 0 Å². The molecule has 1 aromatic heterocycles. The van der Waals surface area contributed by atoms with Gasteiger partial charge in [0.25, 0.3) is 0 Å². The summed E-state index contributed by atoms with van der Waals surface area (Å²) in [6.45, 7) is 0. The topological polar surface area (TPSA) is 99.8 Å². The molecule has 2 rings (SSSR count). The minimum absolute atomic E-state index is 0.241. The third-order valence-corrected chi connectivity index (χ3v) is 3.31. The second-order valence-electron chi connectivity index (χ2n) is 3.32. The van der Waals surface area contributed by atoms with Crippen molar-refractivity contribution in [3.05, 3.63) is 58.2 Å². The number of carboxylic acids is 1. The van der Waals surface area contributed by atoms with Crippen LogP contribution in [0.3, 0.4) is 0 Å². The van der Waals surface area contributed by atoms with Gasteiger partial charge in [-0.05, 0) is 24.3 Å². The van der Waals surface area contributed by atoms with Gasteiger partial charge in [-0.1, -0.05) is 29.4 Å². The molecule has 0 amide bonds. The second-order valence-corrected chi connectivity index (χ2v) is 4.87. The highest BCUT2D eigenvalue weighted by molar-refractivity contribution is 7.99. The van der Waals surface area contributed by atoms with Crippen molar-refractivity contribution in [1.82, 2.24) is 4.98 Å². The number of aromatic nitrogens is 1. The number of benzene rings is 1. The Labute approximate surface area is 123 Å². The van der Waals surface area contributed by atoms with Crippen molar-refractivity contribution in [3.63, 3.8) is 0 Å². The van der Waals surface area contributed by atoms with Gasteiger partial charge in [-0.15, -0.1) is 4.91 Å². The Morgan fingerprint density at radius 2 is 2.05 bits per heavy atom. The maximum absolute atomic E-state index is 11.0. The molecule has 0 bridgehead atoms. The Bertz CT molecular complexity index is 610. The molecule has 0 unspecified atom stereocenters. The van der Waals surface area contributed by atoms with Gasteiger partial charge in [-0.3, -0.25) is 4.98 Å². The molecule has 0 aliphatic carbocycles. The first kappa shape index (κ1) is 15.9. The van der Waals surface area contributed by atoms with Crippen molar-refractivity contribution in [2.24, 2.45) is 5.34 Å². The quantitative estimate of drug-likeness (QED) is 0.661. The van der Waals surface area contributed by atoms with E-state index >= 15 is 0 Å². The number of aromatic carboxylic acids is 1. The zero-order chi connectivity index (χ0) is 15.0. The van der Waals surface area contributed by atoms with Crippen LogP contribution in [0.5, 0.6) is 0 Å². The molecule has 0 radical (unpaired) electrons. The van der Waals surface area contributed by atoms with Gasteiger partial charge in [0.1, 0.15) is 0 Å². The van der Waals surface area contributed by atoms with Crippen LogP contribution in [0.25, 0.3) is 0 Å². The molecule has 0 aliphatic heterocycles. The highest BCUT2D eigenvalue weighted by Crippen LogP contribution is 2.31. The number of nitrogens with zero attached hydrogens (tertiary/aromatic N) is 2. The third kappa shape index (κ3) is 4.87. The van der Waals surface area contributed by atoms with E-state index in [0.717, 1.165) is 4.90 Å². The number of pyridine rings is 1. The van der Waals surface area contributed by atoms with Crippen molar-refractivity contribution in [2.45, 2.75) is 9.79 Å². The monoisotopic (exact) mass is 312 g/mol. The van der Waals surface area contributed by atoms with Gasteiger partial charge in [-0.2, -0.15) is 0 Å². The molecular weight excluding hydrogens is 304 g/mol. The number of hydrogen-bond donors (Lipinski definition) is 2. The van der Waals surface area contributed by atoms with E-state index in [-0.39, 0.29) is 5.56 Å². The van der Waals surface area contributed by atoms with Gasteiger partial charge in [0.05, 0.1) is 5.56 Å². The molecule has 0 atom stereocenters. The summed E-state index contributed by atoms with van der Waals surface area (Å²) < 4.78 is 0. The molecule has 0 spiro atoms. The fourth-order valence-electron chi connectivity index (χ4n) is 1.30. The van der Waals surface area contributed by atoms with E-state index < -0.39 is 5.97 Å². The first-order valence-electron chi connectivity index (χ1n) is 5.16.